The van der Waals surface area contributed by atoms with Gasteiger partial charge in [0, 0.05) is 5.54 Å². The summed E-state index contributed by atoms with van der Waals surface area (Å²) in [5.74, 6) is 0. The summed E-state index contributed by atoms with van der Waals surface area (Å²) in [7, 11) is 0. The second-order valence-corrected chi connectivity index (χ2v) is 6.19. The minimum atomic E-state index is -0.451. The van der Waals surface area contributed by atoms with Gasteiger partial charge in [0.25, 0.3) is 0 Å². The van der Waals surface area contributed by atoms with E-state index in [4.69, 9.17) is 5.73 Å². The van der Waals surface area contributed by atoms with Crippen molar-refractivity contribution in [2.75, 3.05) is 0 Å². The minimum absolute atomic E-state index is 0.451. The molecule has 3 aromatic rings. The van der Waals surface area contributed by atoms with Gasteiger partial charge in [-0.3, -0.25) is 0 Å². The predicted molar refractivity (Wildman–Crippen MR) is 105 cm³/mol. The second-order valence-electron chi connectivity index (χ2n) is 6.19. The van der Waals surface area contributed by atoms with Crippen LogP contribution < -0.4 is 5.73 Å². The second kappa shape index (κ2) is 7.29. The lowest BCUT2D eigenvalue weighted by Crippen LogP contribution is -2.35. The average molecular weight is 313 g/mol. The summed E-state index contributed by atoms with van der Waals surface area (Å²) in [6.07, 6.45) is 7.72. The summed E-state index contributed by atoms with van der Waals surface area (Å²) in [5, 5.41) is 2.44. The molecule has 0 saturated carbocycles. The molecule has 0 radical (unpaired) electrons. The third-order valence-corrected chi connectivity index (χ3v) is 4.43. The van der Waals surface area contributed by atoms with Crippen LogP contribution in [0.3, 0.4) is 0 Å². The first-order valence-electron chi connectivity index (χ1n) is 8.32. The fourth-order valence-corrected chi connectivity index (χ4v) is 3.19. The molecular formula is C23H23N. The highest BCUT2D eigenvalue weighted by Gasteiger charge is 2.26. The molecule has 0 saturated heterocycles. The topological polar surface area (TPSA) is 26.0 Å². The quantitative estimate of drug-likeness (QED) is 0.583. The SMILES string of the molecule is C=CCC(N)(C/C=C/c1ccccc1)c1cccc2ccccc12. The number of hydrogen-bond acceptors (Lipinski definition) is 1. The van der Waals surface area contributed by atoms with E-state index in [1.54, 1.807) is 0 Å². The van der Waals surface area contributed by atoms with Crippen molar-refractivity contribution >= 4 is 16.8 Å². The fraction of sp³-hybridized carbons (Fsp3) is 0.130. The van der Waals surface area contributed by atoms with E-state index in [9.17, 15) is 0 Å². The molecular weight excluding hydrogens is 290 g/mol. The van der Waals surface area contributed by atoms with Crippen LogP contribution in [0, 0.1) is 0 Å². The number of nitrogens with two attached hydrogens (primary N) is 1. The van der Waals surface area contributed by atoms with E-state index in [1.807, 2.05) is 24.3 Å². The Kier molecular flexibility index (Phi) is 4.93. The van der Waals surface area contributed by atoms with Crippen molar-refractivity contribution in [1.82, 2.24) is 0 Å². The van der Waals surface area contributed by atoms with Gasteiger partial charge in [-0.15, -0.1) is 6.58 Å². The third kappa shape index (κ3) is 3.47. The minimum Gasteiger partial charge on any atom is -0.321 e. The lowest BCUT2D eigenvalue weighted by atomic mass is 9.81. The Balaban J connectivity index is 1.95. The molecule has 0 aliphatic rings. The molecule has 0 spiro atoms. The smallest absolute Gasteiger partial charge is 0.0485 e. The maximum absolute atomic E-state index is 6.84. The highest BCUT2D eigenvalue weighted by molar-refractivity contribution is 5.86. The first-order valence-corrected chi connectivity index (χ1v) is 8.32. The van der Waals surface area contributed by atoms with Crippen LogP contribution >= 0.6 is 0 Å². The van der Waals surface area contributed by atoms with Crippen LogP contribution in [0.1, 0.15) is 24.0 Å². The Morgan fingerprint density at radius 1 is 0.833 bits per heavy atom. The largest absolute Gasteiger partial charge is 0.321 e. The highest BCUT2D eigenvalue weighted by atomic mass is 14.7. The lowest BCUT2D eigenvalue weighted by Gasteiger charge is -2.29. The van der Waals surface area contributed by atoms with Crippen molar-refractivity contribution in [3.63, 3.8) is 0 Å². The van der Waals surface area contributed by atoms with E-state index < -0.39 is 5.54 Å². The third-order valence-electron chi connectivity index (χ3n) is 4.43. The number of rotatable bonds is 6. The molecule has 0 bridgehead atoms. The van der Waals surface area contributed by atoms with Crippen molar-refractivity contribution in [2.45, 2.75) is 18.4 Å². The average Bonchev–Trinajstić information content (AvgIpc) is 2.62. The Hall–Kier alpha value is -2.64. The summed E-state index contributed by atoms with van der Waals surface area (Å²) in [4.78, 5) is 0. The molecule has 120 valence electrons. The molecule has 0 heterocycles. The molecule has 1 atom stereocenters. The molecule has 24 heavy (non-hydrogen) atoms. The monoisotopic (exact) mass is 313 g/mol. The molecule has 2 N–H and O–H groups in total. The van der Waals surface area contributed by atoms with Gasteiger partial charge in [0.05, 0.1) is 0 Å². The Morgan fingerprint density at radius 2 is 1.54 bits per heavy atom. The first kappa shape index (κ1) is 16.2. The molecule has 3 aromatic carbocycles. The van der Waals surface area contributed by atoms with Gasteiger partial charge >= 0.3 is 0 Å². The van der Waals surface area contributed by atoms with Crippen LogP contribution in [0.5, 0.6) is 0 Å². The summed E-state index contributed by atoms with van der Waals surface area (Å²) in [6, 6.07) is 25.1. The molecule has 1 unspecified atom stereocenters. The zero-order valence-electron chi connectivity index (χ0n) is 13.9. The van der Waals surface area contributed by atoms with Gasteiger partial charge in [-0.25, -0.2) is 0 Å². The van der Waals surface area contributed by atoms with Gasteiger partial charge in [0.2, 0.25) is 0 Å². The fourth-order valence-electron chi connectivity index (χ4n) is 3.19. The highest BCUT2D eigenvalue weighted by Crippen LogP contribution is 2.33. The van der Waals surface area contributed by atoms with Gasteiger partial charge in [-0.2, -0.15) is 0 Å². The molecule has 0 amide bonds. The van der Waals surface area contributed by atoms with Crippen molar-refractivity contribution in [3.8, 4) is 0 Å². The molecule has 1 heteroatoms. The first-order chi connectivity index (χ1) is 11.7. The number of benzene rings is 3. The van der Waals surface area contributed by atoms with Gasteiger partial charge in [0.1, 0.15) is 0 Å². The van der Waals surface area contributed by atoms with Crippen molar-refractivity contribution in [3.05, 3.63) is 103 Å². The summed E-state index contributed by atoms with van der Waals surface area (Å²) >= 11 is 0. The van der Waals surface area contributed by atoms with Crippen molar-refractivity contribution in [2.24, 2.45) is 5.73 Å². The molecule has 3 rings (SSSR count). The molecule has 0 aromatic heterocycles. The Bertz CT molecular complexity index is 843. The standard InChI is InChI=1S/C23H23N/c1-2-17-23(24,18-9-12-19-10-4-3-5-11-19)22-16-8-14-20-13-6-7-15-21(20)22/h2-16H,1,17-18,24H2/b12-9+. The van der Waals surface area contributed by atoms with Crippen molar-refractivity contribution < 1.29 is 0 Å². The number of hydrogen-bond donors (Lipinski definition) is 1. The van der Waals surface area contributed by atoms with E-state index in [0.717, 1.165) is 12.8 Å². The predicted octanol–water partition coefficient (Wildman–Crippen LogP) is 5.67. The molecule has 0 aliphatic carbocycles. The van der Waals surface area contributed by atoms with Crippen LogP contribution in [-0.2, 0) is 5.54 Å². The van der Waals surface area contributed by atoms with E-state index >= 15 is 0 Å². The normalized spacial score (nSPS) is 13.9. The maximum atomic E-state index is 6.84. The molecule has 0 aliphatic heterocycles. The number of fused-ring (bicyclic) bond motifs is 1. The van der Waals surface area contributed by atoms with Gasteiger partial charge < -0.3 is 5.73 Å². The van der Waals surface area contributed by atoms with Crippen LogP contribution in [0.4, 0.5) is 0 Å². The zero-order valence-corrected chi connectivity index (χ0v) is 13.9. The van der Waals surface area contributed by atoms with Crippen LogP contribution in [0.15, 0.2) is 91.5 Å². The van der Waals surface area contributed by atoms with Crippen LogP contribution in [-0.4, -0.2) is 0 Å². The van der Waals surface area contributed by atoms with E-state index in [-0.39, 0.29) is 0 Å². The summed E-state index contributed by atoms with van der Waals surface area (Å²) in [6.45, 7) is 3.91. The zero-order chi connectivity index (χ0) is 16.8. The van der Waals surface area contributed by atoms with Gasteiger partial charge in [-0.1, -0.05) is 91.0 Å². The van der Waals surface area contributed by atoms with Gasteiger partial charge in [-0.05, 0) is 34.7 Å². The lowest BCUT2D eigenvalue weighted by molar-refractivity contribution is 0.461. The molecule has 1 nitrogen and oxygen atoms in total. The summed E-state index contributed by atoms with van der Waals surface area (Å²) < 4.78 is 0. The van der Waals surface area contributed by atoms with Crippen LogP contribution in [0.2, 0.25) is 0 Å². The van der Waals surface area contributed by atoms with E-state index in [2.05, 4.69) is 73.3 Å². The Morgan fingerprint density at radius 3 is 2.33 bits per heavy atom. The van der Waals surface area contributed by atoms with Gasteiger partial charge in [0.15, 0.2) is 0 Å². The molecule has 0 fully saturated rings. The van der Waals surface area contributed by atoms with E-state index in [1.165, 1.54) is 21.9 Å². The van der Waals surface area contributed by atoms with Crippen molar-refractivity contribution in [1.29, 1.82) is 0 Å². The van der Waals surface area contributed by atoms with Crippen LogP contribution in [0.25, 0.3) is 16.8 Å². The Labute approximate surface area is 144 Å². The van der Waals surface area contributed by atoms with E-state index in [0.29, 0.717) is 0 Å². The summed E-state index contributed by atoms with van der Waals surface area (Å²) in [5.41, 5.74) is 8.76. The maximum Gasteiger partial charge on any atom is 0.0485 e.